The molecule has 2 rings (SSSR count). The average molecular weight is 349 g/mol. The van der Waals surface area contributed by atoms with Crippen molar-refractivity contribution in [3.05, 3.63) is 52.6 Å². The molecule has 2 amide bonds. The minimum atomic E-state index is -0.431. The van der Waals surface area contributed by atoms with Crippen LogP contribution in [0.5, 0.6) is 0 Å². The van der Waals surface area contributed by atoms with Crippen molar-refractivity contribution in [2.45, 2.75) is 6.92 Å². The molecule has 0 spiro atoms. The Morgan fingerprint density at radius 3 is 2.75 bits per heavy atom. The van der Waals surface area contributed by atoms with E-state index in [4.69, 9.17) is 16.3 Å². The lowest BCUT2D eigenvalue weighted by molar-refractivity contribution is 0.0936. The van der Waals surface area contributed by atoms with Crippen LogP contribution in [0.2, 0.25) is 5.02 Å². The van der Waals surface area contributed by atoms with Crippen LogP contribution in [0, 0.1) is 6.92 Å². The van der Waals surface area contributed by atoms with Gasteiger partial charge in [0, 0.05) is 25.4 Å². The van der Waals surface area contributed by atoms with Crippen molar-refractivity contribution < 1.29 is 14.3 Å². The number of halogens is 1. The van der Waals surface area contributed by atoms with Crippen LogP contribution >= 0.6 is 11.6 Å². The summed E-state index contributed by atoms with van der Waals surface area (Å²) in [5, 5.41) is 5.67. The molecular weight excluding hydrogens is 332 g/mol. The van der Waals surface area contributed by atoms with E-state index in [2.05, 4.69) is 20.6 Å². The summed E-state index contributed by atoms with van der Waals surface area (Å²) in [7, 11) is 1.55. The third-order valence-corrected chi connectivity index (χ3v) is 3.41. The number of nitrogens with zero attached hydrogens (tertiary/aromatic N) is 2. The van der Waals surface area contributed by atoms with Crippen molar-refractivity contribution in [1.29, 1.82) is 0 Å². The predicted octanol–water partition coefficient (Wildman–Crippen LogP) is 2.07. The molecule has 0 radical (unpaired) electrons. The van der Waals surface area contributed by atoms with Gasteiger partial charge in [0.25, 0.3) is 11.8 Å². The number of ether oxygens (including phenoxy) is 1. The second-order valence-electron chi connectivity index (χ2n) is 4.89. The van der Waals surface area contributed by atoms with E-state index in [0.717, 1.165) is 0 Å². The van der Waals surface area contributed by atoms with Gasteiger partial charge in [0.1, 0.15) is 11.5 Å². The average Bonchev–Trinajstić information content (AvgIpc) is 2.57. The highest BCUT2D eigenvalue weighted by Crippen LogP contribution is 2.23. The number of rotatable bonds is 6. The van der Waals surface area contributed by atoms with Gasteiger partial charge in [0.15, 0.2) is 0 Å². The normalized spacial score (nSPS) is 10.3. The Labute approximate surface area is 144 Å². The number of nitrogens with one attached hydrogen (secondary N) is 2. The summed E-state index contributed by atoms with van der Waals surface area (Å²) in [5.41, 5.74) is 0.926. The number of carbonyl (C=O) groups excluding carboxylic acids is 2. The Morgan fingerprint density at radius 2 is 2.04 bits per heavy atom. The van der Waals surface area contributed by atoms with Gasteiger partial charge in [-0.25, -0.2) is 9.97 Å². The van der Waals surface area contributed by atoms with Gasteiger partial charge < -0.3 is 15.4 Å². The first-order valence-electron chi connectivity index (χ1n) is 7.19. The summed E-state index contributed by atoms with van der Waals surface area (Å²) < 4.78 is 4.88. The van der Waals surface area contributed by atoms with E-state index in [1.54, 1.807) is 26.2 Å². The van der Waals surface area contributed by atoms with Crippen LogP contribution in [-0.2, 0) is 4.74 Å². The molecule has 126 valence electrons. The number of anilines is 1. The molecule has 7 nitrogen and oxygen atoms in total. The number of carbonyl (C=O) groups is 2. The molecule has 2 N–H and O–H groups in total. The molecule has 24 heavy (non-hydrogen) atoms. The molecular formula is C16H17ClN4O3. The van der Waals surface area contributed by atoms with E-state index in [1.165, 1.54) is 18.3 Å². The Morgan fingerprint density at radius 1 is 1.25 bits per heavy atom. The standard InChI is InChI=1S/C16H17ClN4O3/c1-10-18-6-5-13(20-10)16(23)21-14-9-11(3-4-12(14)17)15(22)19-7-8-24-2/h3-6,9H,7-8H2,1-2H3,(H,19,22)(H,21,23). The van der Waals surface area contributed by atoms with Crippen LogP contribution in [0.4, 0.5) is 5.69 Å². The fourth-order valence-electron chi connectivity index (χ4n) is 1.90. The quantitative estimate of drug-likeness (QED) is 0.779. The highest BCUT2D eigenvalue weighted by molar-refractivity contribution is 6.34. The largest absolute Gasteiger partial charge is 0.383 e. The fraction of sp³-hybridized carbons (Fsp3) is 0.250. The van der Waals surface area contributed by atoms with Crippen LogP contribution in [0.25, 0.3) is 0 Å². The molecule has 0 aliphatic carbocycles. The Balaban J connectivity index is 2.13. The molecule has 2 aromatic rings. The number of amides is 2. The second-order valence-corrected chi connectivity index (χ2v) is 5.29. The molecule has 1 aromatic heterocycles. The van der Waals surface area contributed by atoms with Gasteiger partial charge >= 0.3 is 0 Å². The number of hydrogen-bond acceptors (Lipinski definition) is 5. The summed E-state index contributed by atoms with van der Waals surface area (Å²) >= 11 is 6.09. The van der Waals surface area contributed by atoms with E-state index in [-0.39, 0.29) is 11.6 Å². The maximum absolute atomic E-state index is 12.2. The lowest BCUT2D eigenvalue weighted by Gasteiger charge is -2.10. The minimum absolute atomic E-state index is 0.216. The molecule has 0 saturated heterocycles. The Bertz CT molecular complexity index is 752. The third-order valence-electron chi connectivity index (χ3n) is 3.08. The van der Waals surface area contributed by atoms with Crippen molar-refractivity contribution in [2.75, 3.05) is 25.6 Å². The first-order chi connectivity index (χ1) is 11.5. The van der Waals surface area contributed by atoms with Gasteiger partial charge in [-0.3, -0.25) is 9.59 Å². The van der Waals surface area contributed by atoms with Gasteiger partial charge in [-0.1, -0.05) is 11.6 Å². The molecule has 0 atom stereocenters. The summed E-state index contributed by atoms with van der Waals surface area (Å²) in [4.78, 5) is 32.3. The van der Waals surface area contributed by atoms with Crippen molar-refractivity contribution in [3.8, 4) is 0 Å². The summed E-state index contributed by atoms with van der Waals surface area (Å²) in [6, 6.07) is 6.14. The topological polar surface area (TPSA) is 93.2 Å². The molecule has 1 aromatic carbocycles. The van der Waals surface area contributed by atoms with Gasteiger partial charge in [0.05, 0.1) is 17.3 Å². The van der Waals surface area contributed by atoms with Crippen LogP contribution < -0.4 is 10.6 Å². The zero-order valence-corrected chi connectivity index (χ0v) is 14.1. The predicted molar refractivity (Wildman–Crippen MR) is 90.4 cm³/mol. The molecule has 0 aliphatic rings. The van der Waals surface area contributed by atoms with Gasteiger partial charge in [0.2, 0.25) is 0 Å². The molecule has 0 fully saturated rings. The molecule has 0 saturated carbocycles. The van der Waals surface area contributed by atoms with Crippen molar-refractivity contribution >= 4 is 29.1 Å². The van der Waals surface area contributed by atoms with Crippen molar-refractivity contribution in [2.24, 2.45) is 0 Å². The second kappa shape index (κ2) is 8.37. The number of benzene rings is 1. The van der Waals surface area contributed by atoms with E-state index in [9.17, 15) is 9.59 Å². The van der Waals surface area contributed by atoms with E-state index in [0.29, 0.717) is 35.2 Å². The zero-order chi connectivity index (χ0) is 17.5. The van der Waals surface area contributed by atoms with Crippen molar-refractivity contribution in [3.63, 3.8) is 0 Å². The van der Waals surface area contributed by atoms with Crippen LogP contribution in [0.3, 0.4) is 0 Å². The first kappa shape index (κ1) is 17.8. The van der Waals surface area contributed by atoms with E-state index in [1.807, 2.05) is 0 Å². The number of aromatic nitrogens is 2. The fourth-order valence-corrected chi connectivity index (χ4v) is 2.06. The highest BCUT2D eigenvalue weighted by atomic mass is 35.5. The summed E-state index contributed by atoms with van der Waals surface area (Å²) in [5.74, 6) is -0.226. The van der Waals surface area contributed by atoms with Crippen molar-refractivity contribution in [1.82, 2.24) is 15.3 Å². The Hall–Kier alpha value is -2.51. The molecule has 0 unspecified atom stereocenters. The van der Waals surface area contributed by atoms with E-state index >= 15 is 0 Å². The zero-order valence-electron chi connectivity index (χ0n) is 13.3. The van der Waals surface area contributed by atoms with E-state index < -0.39 is 5.91 Å². The maximum atomic E-state index is 12.2. The van der Waals surface area contributed by atoms with Crippen LogP contribution in [0.1, 0.15) is 26.7 Å². The van der Waals surface area contributed by atoms with Gasteiger partial charge in [-0.2, -0.15) is 0 Å². The smallest absolute Gasteiger partial charge is 0.274 e. The summed E-state index contributed by atoms with van der Waals surface area (Å²) in [6.45, 7) is 2.49. The summed E-state index contributed by atoms with van der Waals surface area (Å²) in [6.07, 6.45) is 1.50. The minimum Gasteiger partial charge on any atom is -0.383 e. The maximum Gasteiger partial charge on any atom is 0.274 e. The number of hydrogen-bond donors (Lipinski definition) is 2. The van der Waals surface area contributed by atoms with Gasteiger partial charge in [-0.15, -0.1) is 0 Å². The number of methoxy groups -OCH3 is 1. The monoisotopic (exact) mass is 348 g/mol. The van der Waals surface area contributed by atoms with Gasteiger partial charge in [-0.05, 0) is 31.2 Å². The SMILES string of the molecule is COCCNC(=O)c1ccc(Cl)c(NC(=O)c2ccnc(C)n2)c1. The van der Waals surface area contributed by atoms with Crippen LogP contribution in [-0.4, -0.2) is 42.0 Å². The molecule has 0 bridgehead atoms. The first-order valence-corrected chi connectivity index (χ1v) is 7.56. The number of aryl methyl sites for hydroxylation is 1. The lowest BCUT2D eigenvalue weighted by atomic mass is 10.2. The Kier molecular flexibility index (Phi) is 6.22. The van der Waals surface area contributed by atoms with Crippen LogP contribution in [0.15, 0.2) is 30.5 Å². The third kappa shape index (κ3) is 4.74. The lowest BCUT2D eigenvalue weighted by Crippen LogP contribution is -2.27. The molecule has 8 heteroatoms. The highest BCUT2D eigenvalue weighted by Gasteiger charge is 2.13. The molecule has 0 aliphatic heterocycles. The molecule has 1 heterocycles.